The van der Waals surface area contributed by atoms with Crippen LogP contribution in [-0.2, 0) is 11.3 Å². The summed E-state index contributed by atoms with van der Waals surface area (Å²) >= 11 is 0. The quantitative estimate of drug-likeness (QED) is 0.859. The van der Waals surface area contributed by atoms with Crippen LogP contribution in [0.15, 0.2) is 18.2 Å². The van der Waals surface area contributed by atoms with Crippen LogP contribution in [-0.4, -0.2) is 15.5 Å². The second-order valence-electron chi connectivity index (χ2n) is 5.25. The van der Waals surface area contributed by atoms with Gasteiger partial charge >= 0.3 is 0 Å². The molecule has 1 amide bonds. The number of amides is 1. The van der Waals surface area contributed by atoms with Crippen molar-refractivity contribution < 1.29 is 4.79 Å². The number of rotatable bonds is 3. The van der Waals surface area contributed by atoms with Crippen LogP contribution in [0.25, 0.3) is 11.0 Å². The molecule has 0 unspecified atom stereocenters. The molecule has 0 aliphatic heterocycles. The molecule has 0 aliphatic rings. The molecule has 2 rings (SSSR count). The van der Waals surface area contributed by atoms with Gasteiger partial charge in [0.05, 0.1) is 16.4 Å². The monoisotopic (exact) mass is 246 g/mol. The molecule has 4 N–H and O–H groups in total. The van der Waals surface area contributed by atoms with Gasteiger partial charge in [0.1, 0.15) is 0 Å². The van der Waals surface area contributed by atoms with Crippen molar-refractivity contribution >= 4 is 22.9 Å². The van der Waals surface area contributed by atoms with E-state index in [0.29, 0.717) is 12.5 Å². The molecule has 1 heterocycles. The molecule has 0 saturated carbocycles. The molecule has 0 atom stereocenters. The van der Waals surface area contributed by atoms with E-state index >= 15 is 0 Å². The molecule has 1 aromatic carbocycles. The Hall–Kier alpha value is -2.04. The van der Waals surface area contributed by atoms with Crippen molar-refractivity contribution in [3.05, 3.63) is 23.8 Å². The fraction of sp³-hybridized carbons (Fsp3) is 0.385. The molecular formula is C13H18N4O. The van der Waals surface area contributed by atoms with E-state index in [0.717, 1.165) is 16.6 Å². The number of aromatic nitrogens is 2. The maximum Gasteiger partial charge on any atom is 0.224 e. The van der Waals surface area contributed by atoms with E-state index in [1.807, 2.05) is 29.7 Å². The maximum atomic E-state index is 11.4. The van der Waals surface area contributed by atoms with Gasteiger partial charge in [0.15, 0.2) is 0 Å². The van der Waals surface area contributed by atoms with Crippen LogP contribution in [0.3, 0.4) is 0 Å². The summed E-state index contributed by atoms with van der Waals surface area (Å²) < 4.78 is 1.84. The number of anilines is 1. The highest BCUT2D eigenvalue weighted by Crippen LogP contribution is 2.26. The normalized spacial score (nSPS) is 11.9. The largest absolute Gasteiger partial charge is 0.369 e. The summed E-state index contributed by atoms with van der Waals surface area (Å²) in [5.74, 6) is 0.0602. The molecule has 0 saturated heterocycles. The average molecular weight is 246 g/mol. The van der Waals surface area contributed by atoms with E-state index in [1.54, 1.807) is 13.8 Å². The van der Waals surface area contributed by atoms with Crippen LogP contribution < -0.4 is 11.5 Å². The lowest BCUT2D eigenvalue weighted by atomic mass is 9.92. The SMILES string of the molecule is Cc1cccc2c1nc(N)n2CC(C)(C)C(N)=O. The first-order valence-electron chi connectivity index (χ1n) is 5.84. The van der Waals surface area contributed by atoms with Crippen molar-refractivity contribution in [2.24, 2.45) is 11.1 Å². The molecule has 0 bridgehead atoms. The van der Waals surface area contributed by atoms with Crippen molar-refractivity contribution in [2.45, 2.75) is 27.3 Å². The molecule has 0 spiro atoms. The number of primary amides is 1. The van der Waals surface area contributed by atoms with Gasteiger partial charge in [-0.25, -0.2) is 4.98 Å². The first-order valence-corrected chi connectivity index (χ1v) is 5.84. The number of hydrogen-bond acceptors (Lipinski definition) is 3. The van der Waals surface area contributed by atoms with Gasteiger partial charge in [0, 0.05) is 6.54 Å². The van der Waals surface area contributed by atoms with Crippen LogP contribution in [0.1, 0.15) is 19.4 Å². The van der Waals surface area contributed by atoms with E-state index in [1.165, 1.54) is 0 Å². The molecule has 0 fully saturated rings. The van der Waals surface area contributed by atoms with E-state index in [2.05, 4.69) is 4.98 Å². The Labute approximate surface area is 106 Å². The Kier molecular flexibility index (Phi) is 2.77. The topological polar surface area (TPSA) is 86.9 Å². The highest BCUT2D eigenvalue weighted by molar-refractivity contribution is 5.83. The predicted molar refractivity (Wildman–Crippen MR) is 71.9 cm³/mol. The molecule has 1 aromatic heterocycles. The molecule has 0 radical (unpaired) electrons. The average Bonchev–Trinajstić information content (AvgIpc) is 2.57. The van der Waals surface area contributed by atoms with Crippen molar-refractivity contribution in [3.63, 3.8) is 0 Å². The number of carbonyl (C=O) groups excluding carboxylic acids is 1. The zero-order valence-electron chi connectivity index (χ0n) is 10.9. The zero-order chi connectivity index (χ0) is 13.5. The predicted octanol–water partition coefficient (Wildman–Crippen LogP) is 1.44. The number of fused-ring (bicyclic) bond motifs is 1. The van der Waals surface area contributed by atoms with E-state index in [9.17, 15) is 4.79 Å². The molecule has 5 heteroatoms. The van der Waals surface area contributed by atoms with Crippen LogP contribution in [0.4, 0.5) is 5.95 Å². The third-order valence-corrected chi connectivity index (χ3v) is 3.23. The van der Waals surface area contributed by atoms with E-state index in [-0.39, 0.29) is 5.91 Å². The fourth-order valence-electron chi connectivity index (χ4n) is 1.94. The Balaban J connectivity index is 2.55. The van der Waals surface area contributed by atoms with Crippen LogP contribution in [0.2, 0.25) is 0 Å². The summed E-state index contributed by atoms with van der Waals surface area (Å²) in [6, 6.07) is 5.88. The van der Waals surface area contributed by atoms with Gasteiger partial charge < -0.3 is 16.0 Å². The lowest BCUT2D eigenvalue weighted by Crippen LogP contribution is -2.35. The number of imidazole rings is 1. The summed E-state index contributed by atoms with van der Waals surface area (Å²) in [7, 11) is 0. The minimum atomic E-state index is -0.661. The number of aryl methyl sites for hydroxylation is 1. The van der Waals surface area contributed by atoms with E-state index in [4.69, 9.17) is 11.5 Å². The Morgan fingerprint density at radius 1 is 1.44 bits per heavy atom. The van der Waals surface area contributed by atoms with Gasteiger partial charge in [-0.1, -0.05) is 12.1 Å². The minimum absolute atomic E-state index is 0.351. The third kappa shape index (κ3) is 1.92. The maximum absolute atomic E-state index is 11.4. The van der Waals surface area contributed by atoms with E-state index < -0.39 is 5.41 Å². The van der Waals surface area contributed by atoms with Crippen molar-refractivity contribution in [3.8, 4) is 0 Å². The van der Waals surface area contributed by atoms with Gasteiger partial charge in [0.25, 0.3) is 0 Å². The Bertz CT molecular complexity index is 613. The van der Waals surface area contributed by atoms with Gasteiger partial charge in [-0.3, -0.25) is 4.79 Å². The number of nitrogen functional groups attached to an aromatic ring is 1. The molecular weight excluding hydrogens is 228 g/mol. The number of hydrogen-bond donors (Lipinski definition) is 2. The molecule has 0 aliphatic carbocycles. The summed E-state index contributed by atoms with van der Waals surface area (Å²) in [5.41, 5.74) is 13.5. The number of para-hydroxylation sites is 1. The second kappa shape index (κ2) is 4.01. The standard InChI is InChI=1S/C13H18N4O/c1-8-5-4-6-9-10(8)16-12(15)17(9)7-13(2,3)11(14)18/h4-6H,7H2,1-3H3,(H2,14,18)(H2,15,16). The lowest BCUT2D eigenvalue weighted by Gasteiger charge is -2.21. The van der Waals surface area contributed by atoms with Crippen LogP contribution in [0.5, 0.6) is 0 Å². The Morgan fingerprint density at radius 2 is 2.11 bits per heavy atom. The van der Waals surface area contributed by atoms with Gasteiger partial charge in [0.2, 0.25) is 11.9 Å². The van der Waals surface area contributed by atoms with Crippen molar-refractivity contribution in [1.29, 1.82) is 0 Å². The number of nitrogens with two attached hydrogens (primary N) is 2. The van der Waals surface area contributed by atoms with Crippen molar-refractivity contribution in [2.75, 3.05) is 5.73 Å². The van der Waals surface area contributed by atoms with Crippen LogP contribution in [0, 0.1) is 12.3 Å². The van der Waals surface area contributed by atoms with Crippen molar-refractivity contribution in [1.82, 2.24) is 9.55 Å². The second-order valence-corrected chi connectivity index (χ2v) is 5.25. The Morgan fingerprint density at radius 3 is 2.72 bits per heavy atom. The first-order chi connectivity index (χ1) is 8.33. The third-order valence-electron chi connectivity index (χ3n) is 3.23. The smallest absolute Gasteiger partial charge is 0.224 e. The first kappa shape index (κ1) is 12.4. The summed E-state index contributed by atoms with van der Waals surface area (Å²) in [6.07, 6.45) is 0. The zero-order valence-corrected chi connectivity index (χ0v) is 10.9. The van der Waals surface area contributed by atoms with Crippen LogP contribution >= 0.6 is 0 Å². The van der Waals surface area contributed by atoms with Gasteiger partial charge in [-0.2, -0.15) is 0 Å². The molecule has 18 heavy (non-hydrogen) atoms. The molecule has 5 nitrogen and oxygen atoms in total. The van der Waals surface area contributed by atoms with Gasteiger partial charge in [-0.05, 0) is 32.4 Å². The fourth-order valence-corrected chi connectivity index (χ4v) is 1.94. The number of nitrogens with zero attached hydrogens (tertiary/aromatic N) is 2. The minimum Gasteiger partial charge on any atom is -0.369 e. The summed E-state index contributed by atoms with van der Waals surface area (Å²) in [6.45, 7) is 6.01. The number of carbonyl (C=O) groups is 1. The van der Waals surface area contributed by atoms with Gasteiger partial charge in [-0.15, -0.1) is 0 Å². The molecule has 2 aromatic rings. The lowest BCUT2D eigenvalue weighted by molar-refractivity contribution is -0.126. The number of benzene rings is 1. The summed E-state index contributed by atoms with van der Waals surface area (Å²) in [5, 5.41) is 0. The summed E-state index contributed by atoms with van der Waals surface area (Å²) in [4.78, 5) is 15.8. The highest BCUT2D eigenvalue weighted by atomic mass is 16.1. The highest BCUT2D eigenvalue weighted by Gasteiger charge is 2.27. The molecule has 96 valence electrons.